The van der Waals surface area contributed by atoms with Crippen LogP contribution in [0.5, 0.6) is 0 Å². The summed E-state index contributed by atoms with van der Waals surface area (Å²) in [5.74, 6) is -0.363. The molecule has 2 rings (SSSR count). The van der Waals surface area contributed by atoms with Crippen molar-refractivity contribution in [2.45, 2.75) is 13.5 Å². The van der Waals surface area contributed by atoms with Gasteiger partial charge in [0.2, 0.25) is 0 Å². The van der Waals surface area contributed by atoms with Crippen molar-refractivity contribution in [2.75, 3.05) is 5.73 Å². The van der Waals surface area contributed by atoms with Crippen LogP contribution in [0.25, 0.3) is 0 Å². The van der Waals surface area contributed by atoms with Gasteiger partial charge in [0.25, 0.3) is 0 Å². The highest BCUT2D eigenvalue weighted by Crippen LogP contribution is 2.14. The first kappa shape index (κ1) is 13.6. The number of nitrogens with two attached hydrogens (primary N) is 1. The fourth-order valence-corrected chi connectivity index (χ4v) is 2.01. The maximum absolute atomic E-state index is 11.9. The van der Waals surface area contributed by atoms with Gasteiger partial charge in [-0.05, 0) is 48.4 Å². The van der Waals surface area contributed by atoms with E-state index in [4.69, 9.17) is 10.5 Å². The topological polar surface area (TPSA) is 52.3 Å². The second-order valence-corrected chi connectivity index (χ2v) is 5.25. The normalized spacial score (nSPS) is 10.2. The van der Waals surface area contributed by atoms with Gasteiger partial charge in [-0.15, -0.1) is 0 Å². The monoisotopic (exact) mass is 319 g/mol. The van der Waals surface area contributed by atoms with Gasteiger partial charge in [0.05, 0.1) is 5.56 Å². The third kappa shape index (κ3) is 3.83. The molecule has 0 aliphatic heterocycles. The third-order valence-electron chi connectivity index (χ3n) is 2.62. The van der Waals surface area contributed by atoms with E-state index in [0.29, 0.717) is 11.3 Å². The summed E-state index contributed by atoms with van der Waals surface area (Å²) in [6, 6.07) is 12.8. The van der Waals surface area contributed by atoms with Gasteiger partial charge < -0.3 is 10.5 Å². The Bertz CT molecular complexity index is 573. The second-order valence-electron chi connectivity index (χ2n) is 4.33. The maximum Gasteiger partial charge on any atom is 0.338 e. The van der Waals surface area contributed by atoms with Crippen LogP contribution in [0.15, 0.2) is 46.9 Å². The Hall–Kier alpha value is -1.81. The van der Waals surface area contributed by atoms with Crippen molar-refractivity contribution >= 4 is 27.6 Å². The molecule has 0 fully saturated rings. The maximum atomic E-state index is 11.9. The van der Waals surface area contributed by atoms with E-state index in [1.807, 2.05) is 37.3 Å². The fourth-order valence-electron chi connectivity index (χ4n) is 1.74. The molecule has 0 heterocycles. The van der Waals surface area contributed by atoms with Crippen molar-refractivity contribution in [3.05, 3.63) is 63.6 Å². The number of nitrogen functional groups attached to an aromatic ring is 1. The molecule has 98 valence electrons. The summed E-state index contributed by atoms with van der Waals surface area (Å²) in [7, 11) is 0. The van der Waals surface area contributed by atoms with Crippen LogP contribution in [-0.4, -0.2) is 5.97 Å². The molecule has 2 N–H and O–H groups in total. The number of ether oxygens (including phenoxy) is 1. The average molecular weight is 320 g/mol. The minimum Gasteiger partial charge on any atom is -0.457 e. The highest BCUT2D eigenvalue weighted by atomic mass is 79.9. The van der Waals surface area contributed by atoms with Crippen LogP contribution in [-0.2, 0) is 11.3 Å². The van der Waals surface area contributed by atoms with E-state index in [2.05, 4.69) is 15.9 Å². The van der Waals surface area contributed by atoms with Gasteiger partial charge in [-0.1, -0.05) is 28.1 Å². The molecule has 0 atom stereocenters. The smallest absolute Gasteiger partial charge is 0.338 e. The lowest BCUT2D eigenvalue weighted by Crippen LogP contribution is -2.06. The molecule has 0 radical (unpaired) electrons. The first-order chi connectivity index (χ1) is 9.04. The number of anilines is 1. The van der Waals surface area contributed by atoms with E-state index in [1.54, 1.807) is 12.1 Å². The number of hydrogen-bond acceptors (Lipinski definition) is 3. The molecule has 0 aliphatic carbocycles. The minimum atomic E-state index is -0.363. The number of carbonyl (C=O) groups excluding carboxylic acids is 1. The summed E-state index contributed by atoms with van der Waals surface area (Å²) in [4.78, 5) is 11.9. The minimum absolute atomic E-state index is 0.250. The van der Waals surface area contributed by atoms with Gasteiger partial charge in [0.1, 0.15) is 6.61 Å². The largest absolute Gasteiger partial charge is 0.457 e. The van der Waals surface area contributed by atoms with E-state index in [9.17, 15) is 4.79 Å². The summed E-state index contributed by atoms with van der Waals surface area (Å²) >= 11 is 3.36. The van der Waals surface area contributed by atoms with Crippen LogP contribution in [0.3, 0.4) is 0 Å². The Labute approximate surface area is 120 Å². The Balaban J connectivity index is 2.03. The van der Waals surface area contributed by atoms with Crippen LogP contribution in [0.4, 0.5) is 5.69 Å². The van der Waals surface area contributed by atoms with Crippen molar-refractivity contribution in [2.24, 2.45) is 0 Å². The summed E-state index contributed by atoms with van der Waals surface area (Å²) in [5, 5.41) is 0. The Morgan fingerprint density at radius 2 is 1.89 bits per heavy atom. The number of esters is 1. The van der Waals surface area contributed by atoms with Crippen molar-refractivity contribution in [1.82, 2.24) is 0 Å². The number of halogens is 1. The lowest BCUT2D eigenvalue weighted by atomic mass is 10.1. The Kier molecular flexibility index (Phi) is 4.22. The number of benzene rings is 2. The third-order valence-corrected chi connectivity index (χ3v) is 3.15. The van der Waals surface area contributed by atoms with Crippen molar-refractivity contribution in [3.63, 3.8) is 0 Å². The van der Waals surface area contributed by atoms with Gasteiger partial charge >= 0.3 is 5.97 Å². The lowest BCUT2D eigenvalue weighted by Gasteiger charge is -2.07. The predicted octanol–water partition coefficient (Wildman–Crippen LogP) is 3.70. The molecule has 0 aliphatic rings. The van der Waals surface area contributed by atoms with Crippen molar-refractivity contribution in [3.8, 4) is 0 Å². The molecule has 0 amide bonds. The summed E-state index contributed by atoms with van der Waals surface area (Å²) in [6.45, 7) is 2.14. The second kappa shape index (κ2) is 5.89. The molecule has 2 aromatic rings. The van der Waals surface area contributed by atoms with Crippen LogP contribution in [0.2, 0.25) is 0 Å². The molecular formula is C15H14BrNO2. The Morgan fingerprint density at radius 3 is 2.53 bits per heavy atom. The quantitative estimate of drug-likeness (QED) is 0.693. The number of hydrogen-bond donors (Lipinski definition) is 1. The summed E-state index contributed by atoms with van der Waals surface area (Å²) in [6.07, 6.45) is 0. The molecule has 0 bridgehead atoms. The molecule has 3 nitrogen and oxygen atoms in total. The van der Waals surface area contributed by atoms with E-state index < -0.39 is 0 Å². The molecule has 2 aromatic carbocycles. The fraction of sp³-hybridized carbons (Fsp3) is 0.133. The van der Waals surface area contributed by atoms with E-state index in [0.717, 1.165) is 15.6 Å². The molecule has 0 aromatic heterocycles. The van der Waals surface area contributed by atoms with Gasteiger partial charge in [-0.3, -0.25) is 0 Å². The molecule has 0 spiro atoms. The summed E-state index contributed by atoms with van der Waals surface area (Å²) in [5.41, 5.74) is 8.64. The summed E-state index contributed by atoms with van der Waals surface area (Å²) < 4.78 is 6.25. The van der Waals surface area contributed by atoms with E-state index >= 15 is 0 Å². The van der Waals surface area contributed by atoms with Gasteiger partial charge in [0.15, 0.2) is 0 Å². The molecule has 0 unspecified atom stereocenters. The van der Waals surface area contributed by atoms with Crippen LogP contribution in [0, 0.1) is 6.92 Å². The zero-order valence-corrected chi connectivity index (χ0v) is 12.1. The predicted molar refractivity (Wildman–Crippen MR) is 78.9 cm³/mol. The zero-order chi connectivity index (χ0) is 13.8. The first-order valence-electron chi connectivity index (χ1n) is 5.83. The highest BCUT2D eigenvalue weighted by molar-refractivity contribution is 9.10. The highest BCUT2D eigenvalue weighted by Gasteiger charge is 2.08. The standard InChI is InChI=1S/C15H14BrNO2/c1-10-6-12(8-14(17)7-10)15(18)19-9-11-2-4-13(16)5-3-11/h2-8H,9,17H2,1H3. The average Bonchev–Trinajstić information content (AvgIpc) is 2.36. The molecular weight excluding hydrogens is 306 g/mol. The van der Waals surface area contributed by atoms with Crippen LogP contribution < -0.4 is 5.73 Å². The number of aryl methyl sites for hydroxylation is 1. The zero-order valence-electron chi connectivity index (χ0n) is 10.5. The van der Waals surface area contributed by atoms with Crippen LogP contribution in [0.1, 0.15) is 21.5 Å². The van der Waals surface area contributed by atoms with Gasteiger partial charge in [-0.25, -0.2) is 4.79 Å². The molecule has 19 heavy (non-hydrogen) atoms. The molecule has 0 saturated heterocycles. The number of rotatable bonds is 3. The van der Waals surface area contributed by atoms with Crippen molar-refractivity contribution in [1.29, 1.82) is 0 Å². The SMILES string of the molecule is Cc1cc(N)cc(C(=O)OCc2ccc(Br)cc2)c1. The number of carbonyl (C=O) groups is 1. The van der Waals surface area contributed by atoms with Crippen LogP contribution >= 0.6 is 15.9 Å². The van der Waals surface area contributed by atoms with Crippen molar-refractivity contribution < 1.29 is 9.53 Å². The van der Waals surface area contributed by atoms with E-state index in [-0.39, 0.29) is 12.6 Å². The van der Waals surface area contributed by atoms with E-state index in [1.165, 1.54) is 0 Å². The Morgan fingerprint density at radius 1 is 1.21 bits per heavy atom. The lowest BCUT2D eigenvalue weighted by molar-refractivity contribution is 0.0472. The molecule has 0 saturated carbocycles. The molecule has 4 heteroatoms. The van der Waals surface area contributed by atoms with Gasteiger partial charge in [-0.2, -0.15) is 0 Å². The van der Waals surface area contributed by atoms with Gasteiger partial charge in [0, 0.05) is 10.2 Å². The first-order valence-corrected chi connectivity index (χ1v) is 6.62.